The van der Waals surface area contributed by atoms with Crippen molar-refractivity contribution in [3.8, 4) is 5.75 Å². The first-order chi connectivity index (χ1) is 9.74. The van der Waals surface area contributed by atoms with Crippen LogP contribution in [0.15, 0.2) is 42.5 Å². The third-order valence-electron chi connectivity index (χ3n) is 3.47. The van der Waals surface area contributed by atoms with Gasteiger partial charge in [-0.25, -0.2) is 4.98 Å². The second-order valence-electron chi connectivity index (χ2n) is 5.06. The van der Waals surface area contributed by atoms with Gasteiger partial charge in [-0.05, 0) is 48.7 Å². The molecule has 1 aromatic heterocycles. The van der Waals surface area contributed by atoms with Crippen LogP contribution in [0.3, 0.4) is 0 Å². The van der Waals surface area contributed by atoms with Gasteiger partial charge in [0.05, 0.1) is 18.1 Å². The van der Waals surface area contributed by atoms with Crippen LogP contribution in [-0.2, 0) is 12.8 Å². The molecule has 1 heterocycles. The number of nitrogens with one attached hydrogen (secondary N) is 1. The minimum atomic E-state index is 0.904. The normalized spacial score (nSPS) is 10.9. The van der Waals surface area contributed by atoms with Crippen LogP contribution in [0.5, 0.6) is 5.75 Å². The lowest BCUT2D eigenvalue weighted by molar-refractivity contribution is 0.414. The van der Waals surface area contributed by atoms with Gasteiger partial charge in [-0.1, -0.05) is 18.2 Å². The summed E-state index contributed by atoms with van der Waals surface area (Å²) < 4.78 is 5.24. The molecule has 0 aliphatic carbocycles. The number of methoxy groups -OCH3 is 1. The second kappa shape index (κ2) is 5.37. The molecule has 3 nitrogen and oxygen atoms in total. The zero-order chi connectivity index (χ0) is 13.9. The molecular formula is C17H18N2O. The molecule has 0 saturated heterocycles. The lowest BCUT2D eigenvalue weighted by Gasteiger charge is -2.03. The van der Waals surface area contributed by atoms with Crippen molar-refractivity contribution in [1.29, 1.82) is 0 Å². The van der Waals surface area contributed by atoms with E-state index in [1.54, 1.807) is 7.11 Å². The molecule has 20 heavy (non-hydrogen) atoms. The van der Waals surface area contributed by atoms with E-state index in [4.69, 9.17) is 4.74 Å². The summed E-state index contributed by atoms with van der Waals surface area (Å²) in [6, 6.07) is 14.5. The fourth-order valence-electron chi connectivity index (χ4n) is 2.39. The van der Waals surface area contributed by atoms with Crippen molar-refractivity contribution < 1.29 is 4.74 Å². The number of hydrogen-bond acceptors (Lipinski definition) is 2. The van der Waals surface area contributed by atoms with Gasteiger partial charge in [0.2, 0.25) is 0 Å². The molecule has 0 aliphatic rings. The summed E-state index contributed by atoms with van der Waals surface area (Å²) in [6.07, 6.45) is 1.86. The Labute approximate surface area is 118 Å². The van der Waals surface area contributed by atoms with Crippen molar-refractivity contribution in [1.82, 2.24) is 9.97 Å². The second-order valence-corrected chi connectivity index (χ2v) is 5.06. The summed E-state index contributed by atoms with van der Waals surface area (Å²) in [5.74, 6) is 1.94. The van der Waals surface area contributed by atoms with E-state index < -0.39 is 0 Å². The number of H-pyrrole nitrogens is 1. The van der Waals surface area contributed by atoms with Gasteiger partial charge in [-0.15, -0.1) is 0 Å². The molecule has 1 N–H and O–H groups in total. The zero-order valence-electron chi connectivity index (χ0n) is 11.8. The summed E-state index contributed by atoms with van der Waals surface area (Å²) in [6.45, 7) is 2.09. The standard InChI is InChI=1S/C17H18N2O/c1-12-6-8-15-16(10-12)19-17(18-15)9-7-13-4-3-5-14(11-13)20-2/h3-6,8,10-11H,7,9H2,1-2H3,(H,18,19). The molecule has 0 atom stereocenters. The highest BCUT2D eigenvalue weighted by molar-refractivity contribution is 5.75. The smallest absolute Gasteiger partial charge is 0.119 e. The fraction of sp³-hybridized carbons (Fsp3) is 0.235. The van der Waals surface area contributed by atoms with Crippen molar-refractivity contribution in [3.05, 3.63) is 59.4 Å². The molecule has 2 aromatic carbocycles. The van der Waals surface area contributed by atoms with E-state index >= 15 is 0 Å². The minimum absolute atomic E-state index is 0.904. The summed E-state index contributed by atoms with van der Waals surface area (Å²) >= 11 is 0. The van der Waals surface area contributed by atoms with Gasteiger partial charge in [0.15, 0.2) is 0 Å². The molecule has 0 fully saturated rings. The van der Waals surface area contributed by atoms with Crippen molar-refractivity contribution >= 4 is 11.0 Å². The highest BCUT2D eigenvalue weighted by Gasteiger charge is 2.04. The van der Waals surface area contributed by atoms with E-state index in [0.29, 0.717) is 0 Å². The van der Waals surface area contributed by atoms with Gasteiger partial charge in [0, 0.05) is 6.42 Å². The molecule has 0 spiro atoms. The number of aromatic amines is 1. The summed E-state index contributed by atoms with van der Waals surface area (Å²) in [4.78, 5) is 8.02. The lowest BCUT2D eigenvalue weighted by atomic mass is 10.1. The molecule has 0 unspecified atom stereocenters. The average molecular weight is 266 g/mol. The van der Waals surface area contributed by atoms with E-state index in [-0.39, 0.29) is 0 Å². The summed E-state index contributed by atoms with van der Waals surface area (Å²) in [5.41, 5.74) is 4.67. The molecule has 3 rings (SSSR count). The number of hydrogen-bond donors (Lipinski definition) is 1. The molecule has 0 amide bonds. The number of nitrogens with zero attached hydrogens (tertiary/aromatic N) is 1. The minimum Gasteiger partial charge on any atom is -0.497 e. The lowest BCUT2D eigenvalue weighted by Crippen LogP contribution is -1.94. The van der Waals surface area contributed by atoms with Gasteiger partial charge >= 0.3 is 0 Å². The third-order valence-corrected chi connectivity index (χ3v) is 3.47. The highest BCUT2D eigenvalue weighted by atomic mass is 16.5. The monoisotopic (exact) mass is 266 g/mol. The molecule has 3 aromatic rings. The van der Waals surface area contributed by atoms with Gasteiger partial charge in [0.25, 0.3) is 0 Å². The topological polar surface area (TPSA) is 37.9 Å². The van der Waals surface area contributed by atoms with Gasteiger partial charge in [0.1, 0.15) is 11.6 Å². The number of aryl methyl sites for hydroxylation is 3. The SMILES string of the molecule is COc1cccc(CCc2nc3ccc(C)cc3[nH]2)c1. The Balaban J connectivity index is 1.76. The zero-order valence-corrected chi connectivity index (χ0v) is 11.8. The first kappa shape index (κ1) is 12.7. The first-order valence-corrected chi connectivity index (χ1v) is 6.83. The average Bonchev–Trinajstić information content (AvgIpc) is 2.87. The van der Waals surface area contributed by atoms with E-state index in [0.717, 1.165) is 35.4 Å². The predicted molar refractivity (Wildman–Crippen MR) is 81.2 cm³/mol. The van der Waals surface area contributed by atoms with Crippen LogP contribution in [0, 0.1) is 6.92 Å². The van der Waals surface area contributed by atoms with Crippen LogP contribution in [0.4, 0.5) is 0 Å². The first-order valence-electron chi connectivity index (χ1n) is 6.83. The van der Waals surface area contributed by atoms with Crippen LogP contribution in [-0.4, -0.2) is 17.1 Å². The molecule has 0 bridgehead atoms. The Kier molecular flexibility index (Phi) is 3.42. The molecular weight excluding hydrogens is 248 g/mol. The molecule has 3 heteroatoms. The van der Waals surface area contributed by atoms with Gasteiger partial charge < -0.3 is 9.72 Å². The highest BCUT2D eigenvalue weighted by Crippen LogP contribution is 2.16. The van der Waals surface area contributed by atoms with Crippen LogP contribution in [0.1, 0.15) is 17.0 Å². The Morgan fingerprint density at radius 2 is 2.00 bits per heavy atom. The Bertz CT molecular complexity index is 731. The van der Waals surface area contributed by atoms with Crippen molar-refractivity contribution in [2.45, 2.75) is 19.8 Å². The van der Waals surface area contributed by atoms with Crippen molar-refractivity contribution in [2.75, 3.05) is 7.11 Å². The van der Waals surface area contributed by atoms with Crippen LogP contribution >= 0.6 is 0 Å². The molecule has 0 radical (unpaired) electrons. The van der Waals surface area contributed by atoms with Gasteiger partial charge in [-0.2, -0.15) is 0 Å². The maximum atomic E-state index is 5.24. The van der Waals surface area contributed by atoms with Crippen molar-refractivity contribution in [3.63, 3.8) is 0 Å². The Morgan fingerprint density at radius 1 is 1.10 bits per heavy atom. The van der Waals surface area contributed by atoms with E-state index in [1.807, 2.05) is 12.1 Å². The largest absolute Gasteiger partial charge is 0.497 e. The Morgan fingerprint density at radius 3 is 2.85 bits per heavy atom. The van der Waals surface area contributed by atoms with E-state index in [9.17, 15) is 0 Å². The molecule has 0 saturated carbocycles. The number of imidazole rings is 1. The Hall–Kier alpha value is -2.29. The van der Waals surface area contributed by atoms with Crippen LogP contribution in [0.2, 0.25) is 0 Å². The number of benzene rings is 2. The maximum absolute atomic E-state index is 5.24. The van der Waals surface area contributed by atoms with Crippen molar-refractivity contribution in [2.24, 2.45) is 0 Å². The summed E-state index contributed by atoms with van der Waals surface area (Å²) in [5, 5.41) is 0. The van der Waals surface area contributed by atoms with Crippen LogP contribution < -0.4 is 4.74 Å². The number of ether oxygens (including phenoxy) is 1. The summed E-state index contributed by atoms with van der Waals surface area (Å²) in [7, 11) is 1.70. The fourth-order valence-corrected chi connectivity index (χ4v) is 2.39. The number of rotatable bonds is 4. The molecule has 102 valence electrons. The van der Waals surface area contributed by atoms with Gasteiger partial charge in [-0.3, -0.25) is 0 Å². The number of aromatic nitrogens is 2. The third kappa shape index (κ3) is 2.67. The van der Waals surface area contributed by atoms with E-state index in [1.165, 1.54) is 11.1 Å². The maximum Gasteiger partial charge on any atom is 0.119 e. The van der Waals surface area contributed by atoms with Crippen LogP contribution in [0.25, 0.3) is 11.0 Å². The molecule has 0 aliphatic heterocycles. The quantitative estimate of drug-likeness (QED) is 0.782. The predicted octanol–water partition coefficient (Wildman–Crippen LogP) is 3.67. The number of fused-ring (bicyclic) bond motifs is 1. The van der Waals surface area contributed by atoms with E-state index in [2.05, 4.69) is 47.2 Å².